The van der Waals surface area contributed by atoms with Gasteiger partial charge in [-0.05, 0) is 134 Å². The molecule has 73 heavy (non-hydrogen) atoms. The fraction of sp³-hybridized carbons (Fsp3) is 0.439. The number of nitrogens with one attached hydrogen (secondary N) is 2. The third-order valence-corrected chi connectivity index (χ3v) is 11.0. The summed E-state index contributed by atoms with van der Waals surface area (Å²) in [4.78, 5) is 56.9. The highest BCUT2D eigenvalue weighted by molar-refractivity contribution is 6.29. The number of hydrogen-bond donors (Lipinski definition) is 2. The van der Waals surface area contributed by atoms with Crippen LogP contribution in [0.2, 0.25) is 5.15 Å². The SMILES string of the molecule is CCCCCC(Oc1ccc(C(=O)NCCC(=O)OC(C)(C)C)cc1)c1ccc(-c2ccccc2C(F)(F)F)nc1.CCCCCC(Oc1ccc(C(=O)NCCC(=O)OC(C)(C)C)cc1)c1ccc(Cl)nc1. The van der Waals surface area contributed by atoms with Gasteiger partial charge in [0.1, 0.15) is 40.1 Å². The zero-order chi connectivity index (χ0) is 53.6. The zero-order valence-corrected chi connectivity index (χ0v) is 44.0. The lowest BCUT2D eigenvalue weighted by atomic mass is 10.0. The number of nitrogens with zero attached hydrogens (tertiary/aromatic N) is 2. The van der Waals surface area contributed by atoms with Gasteiger partial charge in [0, 0.05) is 53.3 Å². The highest BCUT2D eigenvalue weighted by atomic mass is 35.5. The Morgan fingerprint density at radius 1 is 0.575 bits per heavy atom. The molecule has 0 aliphatic heterocycles. The van der Waals surface area contributed by atoms with Gasteiger partial charge in [-0.1, -0.05) is 81.5 Å². The molecule has 0 saturated carbocycles. The van der Waals surface area contributed by atoms with Crippen molar-refractivity contribution in [2.75, 3.05) is 13.1 Å². The van der Waals surface area contributed by atoms with Crippen LogP contribution in [0.3, 0.4) is 0 Å². The Balaban J connectivity index is 0.000000327. The molecular weight excluding hydrogens is 961 g/mol. The first-order valence-corrected chi connectivity index (χ1v) is 25.2. The molecule has 2 aromatic heterocycles. The first kappa shape index (κ1) is 59.1. The topological polar surface area (TPSA) is 155 Å². The maximum absolute atomic E-state index is 13.5. The van der Waals surface area contributed by atoms with Gasteiger partial charge in [-0.3, -0.25) is 24.2 Å². The number of esters is 2. The summed E-state index contributed by atoms with van der Waals surface area (Å²) in [7, 11) is 0. The van der Waals surface area contributed by atoms with Gasteiger partial charge in [-0.25, -0.2) is 4.98 Å². The number of rotatable bonds is 23. The van der Waals surface area contributed by atoms with E-state index in [1.807, 2.05) is 26.8 Å². The van der Waals surface area contributed by atoms with Crippen molar-refractivity contribution in [2.24, 2.45) is 0 Å². The molecule has 5 aromatic rings. The van der Waals surface area contributed by atoms with E-state index in [-0.39, 0.29) is 73.1 Å². The largest absolute Gasteiger partial charge is 0.486 e. The quantitative estimate of drug-likeness (QED) is 0.0367. The maximum Gasteiger partial charge on any atom is 0.417 e. The lowest BCUT2D eigenvalue weighted by Gasteiger charge is -2.20. The first-order chi connectivity index (χ1) is 34.5. The van der Waals surface area contributed by atoms with E-state index < -0.39 is 22.9 Å². The molecule has 2 unspecified atom stereocenters. The van der Waals surface area contributed by atoms with Crippen molar-refractivity contribution in [3.8, 4) is 22.8 Å². The number of carbonyl (C=O) groups excluding carboxylic acids is 4. The van der Waals surface area contributed by atoms with E-state index >= 15 is 0 Å². The molecule has 0 saturated heterocycles. The van der Waals surface area contributed by atoms with Gasteiger partial charge < -0.3 is 29.6 Å². The molecule has 0 spiro atoms. The molecule has 0 fully saturated rings. The molecule has 2 heterocycles. The number of amides is 2. The molecule has 16 heteroatoms. The fourth-order valence-electron chi connectivity index (χ4n) is 7.28. The molecule has 2 N–H and O–H groups in total. The molecule has 3 aromatic carbocycles. The summed E-state index contributed by atoms with van der Waals surface area (Å²) in [5, 5.41) is 5.90. The van der Waals surface area contributed by atoms with Crippen LogP contribution in [0.15, 0.2) is 109 Å². The molecule has 0 aliphatic carbocycles. The van der Waals surface area contributed by atoms with Gasteiger partial charge in [-0.15, -0.1) is 0 Å². The van der Waals surface area contributed by atoms with Crippen LogP contribution >= 0.6 is 11.6 Å². The van der Waals surface area contributed by atoms with Crippen molar-refractivity contribution in [3.63, 3.8) is 0 Å². The highest BCUT2D eigenvalue weighted by Gasteiger charge is 2.33. The third-order valence-electron chi connectivity index (χ3n) is 10.8. The summed E-state index contributed by atoms with van der Waals surface area (Å²) in [5.74, 6) is -0.0785. The molecule has 2 amide bonds. The Hall–Kier alpha value is -6.48. The van der Waals surface area contributed by atoms with Crippen LogP contribution in [0.4, 0.5) is 13.2 Å². The first-order valence-electron chi connectivity index (χ1n) is 24.8. The second kappa shape index (κ2) is 28.7. The average Bonchev–Trinajstić information content (AvgIpc) is 3.33. The highest BCUT2D eigenvalue weighted by Crippen LogP contribution is 2.37. The van der Waals surface area contributed by atoms with Gasteiger partial charge in [0.05, 0.1) is 24.1 Å². The molecule has 0 bridgehead atoms. The second-order valence-corrected chi connectivity index (χ2v) is 19.8. The zero-order valence-electron chi connectivity index (χ0n) is 43.2. The van der Waals surface area contributed by atoms with Crippen LogP contribution in [-0.2, 0) is 25.2 Å². The van der Waals surface area contributed by atoms with E-state index in [0.29, 0.717) is 34.2 Å². The van der Waals surface area contributed by atoms with Crippen LogP contribution in [0, 0.1) is 0 Å². The Morgan fingerprint density at radius 2 is 1.01 bits per heavy atom. The van der Waals surface area contributed by atoms with Crippen LogP contribution < -0.4 is 20.1 Å². The number of hydrogen-bond acceptors (Lipinski definition) is 10. The van der Waals surface area contributed by atoms with Gasteiger partial charge in [-0.2, -0.15) is 13.2 Å². The number of carbonyl (C=O) groups is 4. The molecule has 0 aliphatic rings. The Labute approximate surface area is 433 Å². The summed E-state index contributed by atoms with van der Waals surface area (Å²) in [5.41, 5.74) is 1.04. The third kappa shape index (κ3) is 21.6. The van der Waals surface area contributed by atoms with Crippen molar-refractivity contribution in [2.45, 2.75) is 149 Å². The van der Waals surface area contributed by atoms with Crippen molar-refractivity contribution in [1.82, 2.24) is 20.6 Å². The summed E-state index contributed by atoms with van der Waals surface area (Å²) in [6.07, 6.45) is 6.30. The minimum absolute atomic E-state index is 0.0231. The lowest BCUT2D eigenvalue weighted by molar-refractivity contribution is -0.155. The molecular formula is C57H70ClF3N4O8. The average molecular weight is 1030 g/mol. The summed E-state index contributed by atoms with van der Waals surface area (Å²) in [6.45, 7) is 15.4. The van der Waals surface area contributed by atoms with Crippen molar-refractivity contribution < 1.29 is 51.3 Å². The monoisotopic (exact) mass is 1030 g/mol. The van der Waals surface area contributed by atoms with Crippen molar-refractivity contribution >= 4 is 35.4 Å². The fourth-order valence-corrected chi connectivity index (χ4v) is 7.39. The number of alkyl halides is 3. The normalized spacial score (nSPS) is 12.3. The Bertz CT molecular complexity index is 2490. The van der Waals surface area contributed by atoms with E-state index in [2.05, 4.69) is 34.4 Å². The smallest absolute Gasteiger partial charge is 0.417 e. The number of aromatic nitrogens is 2. The predicted molar refractivity (Wildman–Crippen MR) is 277 cm³/mol. The lowest BCUT2D eigenvalue weighted by Crippen LogP contribution is -2.29. The van der Waals surface area contributed by atoms with E-state index in [9.17, 15) is 32.3 Å². The minimum atomic E-state index is -4.48. The number of unbranched alkanes of at least 4 members (excludes halogenated alkanes) is 4. The molecule has 394 valence electrons. The van der Waals surface area contributed by atoms with E-state index in [4.69, 9.17) is 30.5 Å². The van der Waals surface area contributed by atoms with Crippen LogP contribution in [0.5, 0.6) is 11.5 Å². The summed E-state index contributed by atoms with van der Waals surface area (Å²) < 4.78 is 63.4. The van der Waals surface area contributed by atoms with E-state index in [1.54, 1.807) is 106 Å². The van der Waals surface area contributed by atoms with Gasteiger partial charge in [0.15, 0.2) is 0 Å². The van der Waals surface area contributed by atoms with Gasteiger partial charge >= 0.3 is 18.1 Å². The van der Waals surface area contributed by atoms with E-state index in [1.165, 1.54) is 12.1 Å². The Kier molecular flexibility index (Phi) is 23.2. The molecule has 12 nitrogen and oxygen atoms in total. The van der Waals surface area contributed by atoms with E-state index in [0.717, 1.165) is 62.1 Å². The minimum Gasteiger partial charge on any atom is -0.486 e. The predicted octanol–water partition coefficient (Wildman–Crippen LogP) is 13.8. The Morgan fingerprint density at radius 3 is 1.40 bits per heavy atom. The molecule has 2 atom stereocenters. The maximum atomic E-state index is 13.5. The van der Waals surface area contributed by atoms with Crippen LogP contribution in [0.25, 0.3) is 11.3 Å². The van der Waals surface area contributed by atoms with Crippen molar-refractivity contribution in [3.05, 3.63) is 142 Å². The van der Waals surface area contributed by atoms with Crippen molar-refractivity contribution in [1.29, 1.82) is 0 Å². The number of pyridine rings is 2. The molecule has 5 rings (SSSR count). The standard InChI is InChI=1S/C32H37F3N2O4.C25H33ClN2O4/c1-5-6-7-12-28(23-15-18-27(37-21-23)25-10-8-9-11-26(25)32(33,34)35)40-24-16-13-22(14-17-24)30(39)36-20-19-29(38)41-31(2,3)4;1-5-6-7-8-21(19-11-14-22(26)28-17-19)31-20-12-9-18(10-13-20)24(30)27-16-15-23(29)32-25(2,3)4/h8-11,13-18,21,28H,5-7,12,19-20H2,1-4H3,(H,36,39);9-14,17,21H,5-8,15-16H2,1-4H3,(H,27,30). The van der Waals surface area contributed by atoms with Crippen LogP contribution in [0.1, 0.15) is 169 Å². The molecule has 0 radical (unpaired) electrons. The summed E-state index contributed by atoms with van der Waals surface area (Å²) >= 11 is 5.92. The van der Waals surface area contributed by atoms with Crippen LogP contribution in [-0.4, -0.2) is 58.0 Å². The number of halogens is 4. The number of ether oxygens (including phenoxy) is 4. The summed E-state index contributed by atoms with van der Waals surface area (Å²) in [6, 6.07) is 26.0. The number of benzene rings is 3. The second-order valence-electron chi connectivity index (χ2n) is 19.4. The van der Waals surface area contributed by atoms with Gasteiger partial charge in [0.2, 0.25) is 0 Å². The van der Waals surface area contributed by atoms with Gasteiger partial charge in [0.25, 0.3) is 11.8 Å².